The lowest BCUT2D eigenvalue weighted by Crippen LogP contribution is -2.10. The highest BCUT2D eigenvalue weighted by Gasteiger charge is 2.16. The molecule has 5 aromatic carbocycles. The fourth-order valence-electron chi connectivity index (χ4n) is 4.55. The Morgan fingerprint density at radius 1 is 0.529 bits per heavy atom. The van der Waals surface area contributed by atoms with Gasteiger partial charge in [0.2, 0.25) is 0 Å². The van der Waals surface area contributed by atoms with E-state index in [0.717, 1.165) is 32.8 Å². The molecule has 3 heteroatoms. The Bertz CT molecular complexity index is 1600. The maximum Gasteiger partial charge on any atom is 0.0709 e. The molecule has 0 N–H and O–H groups in total. The average Bonchev–Trinajstić information content (AvgIpc) is 2.90. The van der Waals surface area contributed by atoms with Gasteiger partial charge in [0, 0.05) is 21.1 Å². The van der Waals surface area contributed by atoms with Crippen LogP contribution in [0.25, 0.3) is 32.8 Å². The number of aromatic nitrogens is 1. The van der Waals surface area contributed by atoms with Gasteiger partial charge in [-0.2, -0.15) is 0 Å². The Morgan fingerprint density at radius 2 is 1.15 bits per heavy atom. The molecular formula is C31H21BrN2. The second-order valence-electron chi connectivity index (χ2n) is 8.24. The van der Waals surface area contributed by atoms with Gasteiger partial charge in [0.05, 0.1) is 23.3 Å². The van der Waals surface area contributed by atoms with E-state index in [1.54, 1.807) is 0 Å². The molecule has 0 aliphatic heterocycles. The van der Waals surface area contributed by atoms with Crippen molar-refractivity contribution < 1.29 is 0 Å². The molecule has 0 spiro atoms. The molecule has 1 aromatic heterocycles. The second-order valence-corrected chi connectivity index (χ2v) is 9.15. The highest BCUT2D eigenvalue weighted by atomic mass is 79.9. The third-order valence-electron chi connectivity index (χ3n) is 6.16. The summed E-state index contributed by atoms with van der Waals surface area (Å²) in [5.74, 6) is 0. The molecule has 0 atom stereocenters. The lowest BCUT2D eigenvalue weighted by molar-refractivity contribution is 1.24. The fraction of sp³-hybridized carbons (Fsp3) is 0. The minimum atomic E-state index is 0.967. The summed E-state index contributed by atoms with van der Waals surface area (Å²) in [7, 11) is 0. The van der Waals surface area contributed by atoms with Crippen molar-refractivity contribution in [3.63, 3.8) is 0 Å². The van der Waals surface area contributed by atoms with Crippen molar-refractivity contribution in [1.82, 2.24) is 4.98 Å². The highest BCUT2D eigenvalue weighted by molar-refractivity contribution is 9.10. The maximum atomic E-state index is 4.92. The van der Waals surface area contributed by atoms with Crippen molar-refractivity contribution in [2.45, 2.75) is 0 Å². The zero-order valence-corrected chi connectivity index (χ0v) is 20.0. The van der Waals surface area contributed by atoms with Gasteiger partial charge < -0.3 is 4.90 Å². The summed E-state index contributed by atoms with van der Waals surface area (Å²) in [4.78, 5) is 7.19. The Hall–Kier alpha value is -3.95. The van der Waals surface area contributed by atoms with E-state index in [1.807, 2.05) is 6.20 Å². The van der Waals surface area contributed by atoms with Crippen molar-refractivity contribution in [1.29, 1.82) is 0 Å². The minimum absolute atomic E-state index is 0.967. The summed E-state index contributed by atoms with van der Waals surface area (Å²) in [6, 6.07) is 42.5. The van der Waals surface area contributed by atoms with Gasteiger partial charge in [-0.3, -0.25) is 4.98 Å². The quantitative estimate of drug-likeness (QED) is 0.239. The van der Waals surface area contributed by atoms with Crippen LogP contribution in [-0.4, -0.2) is 4.98 Å². The SMILES string of the molecule is Brc1ccc(N(c2ccc(-c3cccc4ccccc34)nc2)c2cccc3ccccc23)cc1. The molecule has 0 radical (unpaired) electrons. The first-order valence-electron chi connectivity index (χ1n) is 11.3. The van der Waals surface area contributed by atoms with E-state index in [0.29, 0.717) is 0 Å². The number of anilines is 3. The number of rotatable bonds is 4. The van der Waals surface area contributed by atoms with E-state index in [-0.39, 0.29) is 0 Å². The van der Waals surface area contributed by atoms with E-state index in [9.17, 15) is 0 Å². The first-order chi connectivity index (χ1) is 16.8. The summed E-state index contributed by atoms with van der Waals surface area (Å²) in [6.07, 6.45) is 1.97. The topological polar surface area (TPSA) is 16.1 Å². The van der Waals surface area contributed by atoms with E-state index >= 15 is 0 Å². The Balaban J connectivity index is 1.50. The second kappa shape index (κ2) is 8.77. The third-order valence-corrected chi connectivity index (χ3v) is 6.69. The zero-order valence-electron chi connectivity index (χ0n) is 18.4. The molecular weight excluding hydrogens is 480 g/mol. The number of halogens is 1. The highest BCUT2D eigenvalue weighted by Crippen LogP contribution is 2.39. The number of fused-ring (bicyclic) bond motifs is 2. The summed E-state index contributed by atoms with van der Waals surface area (Å²) in [6.45, 7) is 0. The van der Waals surface area contributed by atoms with Crippen LogP contribution in [0.3, 0.4) is 0 Å². The van der Waals surface area contributed by atoms with Crippen LogP contribution in [-0.2, 0) is 0 Å². The summed E-state index contributed by atoms with van der Waals surface area (Å²) < 4.78 is 1.05. The predicted molar refractivity (Wildman–Crippen MR) is 147 cm³/mol. The van der Waals surface area contributed by atoms with E-state index < -0.39 is 0 Å². The predicted octanol–water partition coefficient (Wildman–Crippen LogP) is 9.29. The minimum Gasteiger partial charge on any atom is -0.308 e. The van der Waals surface area contributed by atoms with Crippen molar-refractivity contribution in [2.24, 2.45) is 0 Å². The maximum absolute atomic E-state index is 4.92. The van der Waals surface area contributed by atoms with Gasteiger partial charge >= 0.3 is 0 Å². The molecule has 0 saturated heterocycles. The van der Waals surface area contributed by atoms with Crippen LogP contribution in [0.15, 0.2) is 132 Å². The average molecular weight is 501 g/mol. The van der Waals surface area contributed by atoms with Gasteiger partial charge in [0.1, 0.15) is 0 Å². The number of hydrogen-bond acceptors (Lipinski definition) is 2. The van der Waals surface area contributed by atoms with Crippen molar-refractivity contribution in [3.05, 3.63) is 132 Å². The molecule has 6 rings (SSSR count). The number of hydrogen-bond donors (Lipinski definition) is 0. The molecule has 0 fully saturated rings. The van der Waals surface area contributed by atoms with Crippen LogP contribution >= 0.6 is 15.9 Å². The molecule has 34 heavy (non-hydrogen) atoms. The molecule has 6 aromatic rings. The largest absolute Gasteiger partial charge is 0.308 e. The Labute approximate surface area is 207 Å². The van der Waals surface area contributed by atoms with Crippen LogP contribution in [0.5, 0.6) is 0 Å². The van der Waals surface area contributed by atoms with Crippen LogP contribution in [0.1, 0.15) is 0 Å². The van der Waals surface area contributed by atoms with Crippen LogP contribution in [0.2, 0.25) is 0 Å². The van der Waals surface area contributed by atoms with E-state index in [1.165, 1.54) is 21.5 Å². The van der Waals surface area contributed by atoms with Gasteiger partial charge in [0.25, 0.3) is 0 Å². The van der Waals surface area contributed by atoms with Crippen LogP contribution < -0.4 is 4.90 Å². The monoisotopic (exact) mass is 500 g/mol. The Kier molecular flexibility index (Phi) is 5.32. The summed E-state index contributed by atoms with van der Waals surface area (Å²) >= 11 is 3.57. The molecule has 0 unspecified atom stereocenters. The van der Waals surface area contributed by atoms with Gasteiger partial charge in [-0.15, -0.1) is 0 Å². The van der Waals surface area contributed by atoms with Gasteiger partial charge in [0.15, 0.2) is 0 Å². The first-order valence-corrected chi connectivity index (χ1v) is 12.0. The molecule has 0 amide bonds. The molecule has 1 heterocycles. The molecule has 0 aliphatic rings. The number of pyridine rings is 1. The fourth-order valence-corrected chi connectivity index (χ4v) is 4.81. The van der Waals surface area contributed by atoms with Crippen molar-refractivity contribution in [2.75, 3.05) is 4.90 Å². The van der Waals surface area contributed by atoms with Gasteiger partial charge in [-0.1, -0.05) is 94.8 Å². The van der Waals surface area contributed by atoms with Crippen LogP contribution in [0.4, 0.5) is 17.1 Å². The molecule has 0 bridgehead atoms. The smallest absolute Gasteiger partial charge is 0.0709 e. The lowest BCUT2D eigenvalue weighted by Gasteiger charge is -2.26. The van der Waals surface area contributed by atoms with Gasteiger partial charge in [-0.25, -0.2) is 0 Å². The molecule has 0 saturated carbocycles. The van der Waals surface area contributed by atoms with E-state index in [4.69, 9.17) is 4.98 Å². The van der Waals surface area contributed by atoms with Crippen LogP contribution in [0, 0.1) is 0 Å². The van der Waals surface area contributed by atoms with Gasteiger partial charge in [-0.05, 0) is 58.6 Å². The summed E-state index contributed by atoms with van der Waals surface area (Å²) in [5.41, 5.74) is 5.33. The molecule has 2 nitrogen and oxygen atoms in total. The lowest BCUT2D eigenvalue weighted by atomic mass is 10.0. The van der Waals surface area contributed by atoms with Crippen molar-refractivity contribution >= 4 is 54.5 Å². The molecule has 0 aliphatic carbocycles. The van der Waals surface area contributed by atoms with E-state index in [2.05, 4.69) is 142 Å². The molecule has 162 valence electrons. The summed E-state index contributed by atoms with van der Waals surface area (Å²) in [5, 5.41) is 4.84. The third kappa shape index (κ3) is 3.74. The standard InChI is InChI=1S/C31H21BrN2/c32-24-15-17-25(18-16-24)34(31-14-6-10-23-8-2-4-12-28(23)31)26-19-20-30(33-21-26)29-13-5-9-22-7-1-3-11-27(22)29/h1-21H. The van der Waals surface area contributed by atoms with Crippen molar-refractivity contribution in [3.8, 4) is 11.3 Å². The Morgan fingerprint density at radius 3 is 1.88 bits per heavy atom. The zero-order chi connectivity index (χ0) is 22.9. The number of nitrogens with zero attached hydrogens (tertiary/aromatic N) is 2. The normalized spacial score (nSPS) is 11.1. The first kappa shape index (κ1) is 20.6. The number of benzene rings is 5.